The molecule has 3 aromatic carbocycles. The fraction of sp³-hybridized carbons (Fsp3) is 0.115. The van der Waals surface area contributed by atoms with E-state index in [2.05, 4.69) is 10.3 Å². The van der Waals surface area contributed by atoms with Crippen molar-refractivity contribution in [2.75, 3.05) is 17.3 Å². The third-order valence-electron chi connectivity index (χ3n) is 4.96. The van der Waals surface area contributed by atoms with E-state index in [1.807, 2.05) is 60.7 Å². The summed E-state index contributed by atoms with van der Waals surface area (Å²) in [5.74, 6) is 0.301. The van der Waals surface area contributed by atoms with Gasteiger partial charge in [-0.2, -0.15) is 0 Å². The Labute approximate surface area is 197 Å². The summed E-state index contributed by atoms with van der Waals surface area (Å²) in [6.45, 7) is 1.79. The number of amides is 2. The van der Waals surface area contributed by atoms with Gasteiger partial charge in [0.15, 0.2) is 5.17 Å². The van der Waals surface area contributed by atoms with Gasteiger partial charge >= 0.3 is 0 Å². The van der Waals surface area contributed by atoms with Gasteiger partial charge in [0.05, 0.1) is 18.0 Å². The van der Waals surface area contributed by atoms with Gasteiger partial charge in [-0.1, -0.05) is 60.3 Å². The number of rotatable bonds is 6. The lowest BCUT2D eigenvalue weighted by atomic mass is 10.2. The zero-order valence-electron chi connectivity index (χ0n) is 18.3. The molecular weight excluding hydrogens is 434 g/mol. The molecule has 0 saturated carbocycles. The maximum atomic E-state index is 13.2. The maximum absolute atomic E-state index is 13.2. The SMILES string of the molecule is COc1ccc(NC(=O)C(C)SC2=N/C(=C/c3ccccc3)C(=O)N2c2ccccc2)cc1. The summed E-state index contributed by atoms with van der Waals surface area (Å²) in [6, 6.07) is 26.0. The van der Waals surface area contributed by atoms with Crippen molar-refractivity contribution < 1.29 is 14.3 Å². The Morgan fingerprint density at radius 3 is 2.27 bits per heavy atom. The molecule has 0 radical (unpaired) electrons. The second-order valence-corrected chi connectivity index (χ2v) is 8.60. The number of nitrogens with one attached hydrogen (secondary N) is 1. The highest BCUT2D eigenvalue weighted by Crippen LogP contribution is 2.31. The minimum absolute atomic E-state index is 0.186. The highest BCUT2D eigenvalue weighted by atomic mass is 32.2. The largest absolute Gasteiger partial charge is 0.497 e. The lowest BCUT2D eigenvalue weighted by molar-refractivity contribution is -0.115. The summed E-state index contributed by atoms with van der Waals surface area (Å²) in [7, 11) is 1.59. The van der Waals surface area contributed by atoms with Crippen LogP contribution >= 0.6 is 11.8 Å². The minimum atomic E-state index is -0.485. The molecule has 33 heavy (non-hydrogen) atoms. The fourth-order valence-electron chi connectivity index (χ4n) is 3.22. The van der Waals surface area contributed by atoms with Crippen molar-refractivity contribution in [1.82, 2.24) is 0 Å². The number of carbonyl (C=O) groups is 2. The molecule has 0 aromatic heterocycles. The first kappa shape index (κ1) is 22.4. The first-order chi connectivity index (χ1) is 16.0. The molecule has 166 valence electrons. The van der Waals surface area contributed by atoms with Crippen LogP contribution in [0, 0.1) is 0 Å². The molecule has 3 aromatic rings. The molecule has 7 heteroatoms. The van der Waals surface area contributed by atoms with Crippen LogP contribution < -0.4 is 15.0 Å². The Balaban J connectivity index is 1.56. The summed E-state index contributed by atoms with van der Waals surface area (Å²) in [5, 5.41) is 2.87. The molecule has 0 spiro atoms. The number of hydrogen-bond donors (Lipinski definition) is 1. The van der Waals surface area contributed by atoms with E-state index < -0.39 is 5.25 Å². The molecule has 4 rings (SSSR count). The van der Waals surface area contributed by atoms with Gasteiger partial charge in [-0.3, -0.25) is 14.5 Å². The Kier molecular flexibility index (Phi) is 6.90. The molecule has 0 bridgehead atoms. The number of thioether (sulfide) groups is 1. The van der Waals surface area contributed by atoms with E-state index in [4.69, 9.17) is 4.74 Å². The van der Waals surface area contributed by atoms with Crippen LogP contribution in [0.5, 0.6) is 5.75 Å². The van der Waals surface area contributed by atoms with E-state index in [0.717, 1.165) is 5.56 Å². The molecule has 0 saturated heterocycles. The van der Waals surface area contributed by atoms with Gasteiger partial charge in [0.1, 0.15) is 11.4 Å². The number of carbonyl (C=O) groups excluding carboxylic acids is 2. The van der Waals surface area contributed by atoms with E-state index in [-0.39, 0.29) is 11.8 Å². The monoisotopic (exact) mass is 457 g/mol. The molecule has 6 nitrogen and oxygen atoms in total. The predicted octanol–water partition coefficient (Wildman–Crippen LogP) is 5.20. The summed E-state index contributed by atoms with van der Waals surface area (Å²) in [4.78, 5) is 32.2. The highest BCUT2D eigenvalue weighted by Gasteiger charge is 2.34. The minimum Gasteiger partial charge on any atom is -0.497 e. The van der Waals surface area contributed by atoms with Crippen LogP contribution in [0.1, 0.15) is 12.5 Å². The van der Waals surface area contributed by atoms with Crippen molar-refractivity contribution in [2.24, 2.45) is 4.99 Å². The van der Waals surface area contributed by atoms with Crippen LogP contribution in [0.3, 0.4) is 0 Å². The number of amidine groups is 1. The molecule has 1 heterocycles. The van der Waals surface area contributed by atoms with Crippen molar-refractivity contribution in [2.45, 2.75) is 12.2 Å². The summed E-state index contributed by atoms with van der Waals surface area (Å²) >= 11 is 1.24. The van der Waals surface area contributed by atoms with Crippen LogP contribution in [0.4, 0.5) is 11.4 Å². The molecule has 0 fully saturated rings. The third-order valence-corrected chi connectivity index (χ3v) is 6.01. The number of ether oxygens (including phenoxy) is 1. The molecule has 1 atom stereocenters. The Bertz CT molecular complexity index is 1190. The smallest absolute Gasteiger partial charge is 0.283 e. The van der Waals surface area contributed by atoms with Crippen LogP contribution in [-0.4, -0.2) is 29.3 Å². The lowest BCUT2D eigenvalue weighted by Gasteiger charge is -2.20. The third kappa shape index (κ3) is 5.32. The van der Waals surface area contributed by atoms with E-state index in [1.54, 1.807) is 49.3 Å². The number of benzene rings is 3. The zero-order chi connectivity index (χ0) is 23.2. The lowest BCUT2D eigenvalue weighted by Crippen LogP contribution is -2.33. The summed E-state index contributed by atoms with van der Waals surface area (Å²) < 4.78 is 5.15. The topological polar surface area (TPSA) is 71.0 Å². The standard InChI is InChI=1S/C26H23N3O3S/c1-18(24(30)27-20-13-15-22(32-2)16-14-20)33-26-28-23(17-19-9-5-3-6-10-19)25(31)29(26)21-11-7-4-8-12-21/h3-18H,1-2H3,(H,27,30)/b23-17+. The van der Waals surface area contributed by atoms with E-state index in [9.17, 15) is 9.59 Å². The van der Waals surface area contributed by atoms with E-state index >= 15 is 0 Å². The van der Waals surface area contributed by atoms with Gasteiger partial charge in [-0.05, 0) is 55.0 Å². The van der Waals surface area contributed by atoms with Crippen molar-refractivity contribution >= 4 is 46.2 Å². The Morgan fingerprint density at radius 1 is 1.00 bits per heavy atom. The molecule has 1 unspecified atom stereocenters. The Hall–Kier alpha value is -3.84. The van der Waals surface area contributed by atoms with E-state index in [1.165, 1.54) is 11.8 Å². The molecule has 1 aliphatic rings. The van der Waals surface area contributed by atoms with Crippen LogP contribution in [0.25, 0.3) is 6.08 Å². The first-order valence-corrected chi connectivity index (χ1v) is 11.3. The molecule has 1 aliphatic heterocycles. The van der Waals surface area contributed by atoms with Crippen LogP contribution in [0.2, 0.25) is 0 Å². The van der Waals surface area contributed by atoms with Crippen molar-refractivity contribution in [1.29, 1.82) is 0 Å². The average molecular weight is 458 g/mol. The van der Waals surface area contributed by atoms with Crippen molar-refractivity contribution in [3.05, 3.63) is 96.2 Å². The second-order valence-electron chi connectivity index (χ2n) is 7.29. The van der Waals surface area contributed by atoms with Crippen molar-refractivity contribution in [3.63, 3.8) is 0 Å². The molecule has 1 N–H and O–H groups in total. The zero-order valence-corrected chi connectivity index (χ0v) is 19.1. The average Bonchev–Trinajstić information content (AvgIpc) is 3.14. The number of para-hydroxylation sites is 1. The van der Waals surface area contributed by atoms with Gasteiger partial charge < -0.3 is 10.1 Å². The Morgan fingerprint density at radius 2 is 1.64 bits per heavy atom. The van der Waals surface area contributed by atoms with Crippen molar-refractivity contribution in [3.8, 4) is 5.75 Å². The quantitative estimate of drug-likeness (QED) is 0.517. The first-order valence-electron chi connectivity index (χ1n) is 10.4. The van der Waals surface area contributed by atoms with Gasteiger partial charge in [0.25, 0.3) is 5.91 Å². The highest BCUT2D eigenvalue weighted by molar-refractivity contribution is 8.15. The van der Waals surface area contributed by atoms with Crippen LogP contribution in [0.15, 0.2) is 95.6 Å². The number of nitrogens with zero attached hydrogens (tertiary/aromatic N) is 2. The second kappa shape index (κ2) is 10.2. The van der Waals surface area contributed by atoms with E-state index in [0.29, 0.717) is 28.0 Å². The number of aliphatic imine (C=N–C) groups is 1. The van der Waals surface area contributed by atoms with Crippen LogP contribution in [-0.2, 0) is 9.59 Å². The van der Waals surface area contributed by atoms with Gasteiger partial charge in [-0.15, -0.1) is 0 Å². The van der Waals surface area contributed by atoms with Gasteiger partial charge in [-0.25, -0.2) is 4.99 Å². The number of methoxy groups -OCH3 is 1. The molecule has 0 aliphatic carbocycles. The maximum Gasteiger partial charge on any atom is 0.283 e. The van der Waals surface area contributed by atoms with Gasteiger partial charge in [0, 0.05) is 5.69 Å². The molecule has 2 amide bonds. The van der Waals surface area contributed by atoms with Gasteiger partial charge in [0.2, 0.25) is 5.91 Å². The number of hydrogen-bond acceptors (Lipinski definition) is 5. The normalized spacial score (nSPS) is 15.3. The fourth-order valence-corrected chi connectivity index (χ4v) is 4.14. The summed E-state index contributed by atoms with van der Waals surface area (Å²) in [6.07, 6.45) is 1.76. The molecular formula is C26H23N3O3S. The predicted molar refractivity (Wildman–Crippen MR) is 134 cm³/mol. The number of anilines is 2. The summed E-state index contributed by atoms with van der Waals surface area (Å²) in [5.41, 5.74) is 2.58.